The van der Waals surface area contributed by atoms with Gasteiger partial charge in [0.25, 0.3) is 0 Å². The number of unbranched alkanes of at least 4 members (excludes halogenated alkanes) is 1. The molecular weight excluding hydrogens is 114 g/mol. The molecule has 1 N–H and O–H groups in total. The molecule has 52 valence electrons. The van der Waals surface area contributed by atoms with Crippen molar-refractivity contribution < 1.29 is 5.21 Å². The normalized spacial score (nSPS) is 7.89. The zero-order chi connectivity index (χ0) is 7.11. The highest BCUT2D eigenvalue weighted by atomic mass is 16.5. The van der Waals surface area contributed by atoms with Crippen LogP contribution in [0.2, 0.25) is 0 Å². The summed E-state index contributed by atoms with van der Waals surface area (Å²) in [5.74, 6) is 2.60. The smallest absolute Gasteiger partial charge is 0.0541 e. The molecule has 0 radical (unpaired) electrons. The maximum absolute atomic E-state index is 8.84. The van der Waals surface area contributed by atoms with Gasteiger partial charge in [0.15, 0.2) is 0 Å². The molecule has 0 aromatic carbocycles. The summed E-state index contributed by atoms with van der Waals surface area (Å²) >= 11 is 0. The van der Waals surface area contributed by atoms with Crippen LogP contribution in [0.5, 0.6) is 0 Å². The molecule has 0 aliphatic heterocycles. The second-order valence-corrected chi connectivity index (χ2v) is 1.84. The van der Waals surface area contributed by atoms with Crippen LogP contribution in [0.3, 0.4) is 0 Å². The van der Waals surface area contributed by atoms with Crippen molar-refractivity contribution in [1.82, 2.24) is 5.06 Å². The Kier molecular flexibility index (Phi) is 5.04. The lowest BCUT2D eigenvalue weighted by molar-refractivity contribution is -0.0289. The first-order chi connectivity index (χ1) is 4.31. The van der Waals surface area contributed by atoms with E-state index in [4.69, 9.17) is 5.21 Å². The van der Waals surface area contributed by atoms with Crippen LogP contribution in [-0.4, -0.2) is 16.8 Å². The van der Waals surface area contributed by atoms with Crippen molar-refractivity contribution in [3.63, 3.8) is 0 Å². The lowest BCUT2D eigenvalue weighted by Crippen LogP contribution is -2.13. The van der Waals surface area contributed by atoms with Gasteiger partial charge in [-0.2, -0.15) is 0 Å². The number of hydrogen-bond acceptors (Lipinski definition) is 2. The molecular formula is C7H13NO. The first kappa shape index (κ1) is 8.32. The third-order valence-electron chi connectivity index (χ3n) is 0.964. The summed E-state index contributed by atoms with van der Waals surface area (Å²) in [5, 5.41) is 9.87. The predicted octanol–water partition coefficient (Wildman–Crippen LogP) is 1.46. The van der Waals surface area contributed by atoms with Crippen LogP contribution in [0, 0.1) is 12.0 Å². The molecule has 0 unspecified atom stereocenters. The molecule has 0 aliphatic carbocycles. The number of hydrogen-bond donors (Lipinski definition) is 1. The third-order valence-corrected chi connectivity index (χ3v) is 0.964. The second kappa shape index (κ2) is 5.46. The zero-order valence-corrected chi connectivity index (χ0v) is 6.02. The number of hydroxylamine groups is 2. The van der Waals surface area contributed by atoms with E-state index in [1.165, 1.54) is 0 Å². The Hall–Kier alpha value is -0.680. The molecule has 0 fully saturated rings. The molecule has 0 saturated carbocycles. The van der Waals surface area contributed by atoms with Gasteiger partial charge in [-0.15, -0.1) is 0 Å². The van der Waals surface area contributed by atoms with E-state index < -0.39 is 0 Å². The fourth-order valence-corrected chi connectivity index (χ4v) is 0.493. The van der Waals surface area contributed by atoms with E-state index in [9.17, 15) is 0 Å². The van der Waals surface area contributed by atoms with E-state index in [2.05, 4.69) is 18.9 Å². The van der Waals surface area contributed by atoms with Crippen molar-refractivity contribution in [3.05, 3.63) is 0 Å². The van der Waals surface area contributed by atoms with Crippen LogP contribution in [0.25, 0.3) is 0 Å². The monoisotopic (exact) mass is 127 g/mol. The Balaban J connectivity index is 3.23. The summed E-state index contributed by atoms with van der Waals surface area (Å²) in [7, 11) is 0. The summed E-state index contributed by atoms with van der Waals surface area (Å²) < 4.78 is 0. The van der Waals surface area contributed by atoms with Gasteiger partial charge in [0.1, 0.15) is 0 Å². The molecule has 2 heteroatoms. The topological polar surface area (TPSA) is 23.5 Å². The van der Waals surface area contributed by atoms with Crippen LogP contribution in [0.1, 0.15) is 26.7 Å². The van der Waals surface area contributed by atoms with Gasteiger partial charge in [0.2, 0.25) is 0 Å². The van der Waals surface area contributed by atoms with Gasteiger partial charge in [0, 0.05) is 6.04 Å². The number of rotatable bonds is 3. The summed E-state index contributed by atoms with van der Waals surface area (Å²) in [4.78, 5) is 0. The fraction of sp³-hybridized carbons (Fsp3) is 0.714. The second-order valence-electron chi connectivity index (χ2n) is 1.84. The van der Waals surface area contributed by atoms with Gasteiger partial charge in [0.05, 0.1) is 6.54 Å². The Morgan fingerprint density at radius 2 is 2.22 bits per heavy atom. The summed E-state index contributed by atoms with van der Waals surface area (Å²) in [6, 6.07) is 2.52. The van der Waals surface area contributed by atoms with Gasteiger partial charge in [-0.3, -0.25) is 5.21 Å². The van der Waals surface area contributed by atoms with Gasteiger partial charge < -0.3 is 0 Å². The molecule has 0 spiro atoms. The van der Waals surface area contributed by atoms with E-state index >= 15 is 0 Å². The summed E-state index contributed by atoms with van der Waals surface area (Å²) in [6.45, 7) is 4.43. The lowest BCUT2D eigenvalue weighted by atomic mass is 10.3. The van der Waals surface area contributed by atoms with Crippen molar-refractivity contribution in [2.45, 2.75) is 26.7 Å². The fourth-order valence-electron chi connectivity index (χ4n) is 0.493. The first-order valence-corrected chi connectivity index (χ1v) is 3.20. The summed E-state index contributed by atoms with van der Waals surface area (Å²) in [5.41, 5.74) is 0. The standard InChI is InChI=1S/C7H13NO/c1-3-5-7-8(9)6-4-2/h9H,3,5,7H2,1-2H3. The molecule has 0 bridgehead atoms. The third kappa shape index (κ3) is 5.19. The Labute approximate surface area is 56.4 Å². The van der Waals surface area contributed by atoms with E-state index in [0.717, 1.165) is 17.9 Å². The molecule has 0 aromatic heterocycles. The van der Waals surface area contributed by atoms with Crippen LogP contribution in [0.15, 0.2) is 0 Å². The average Bonchev–Trinajstić information content (AvgIpc) is 1.85. The van der Waals surface area contributed by atoms with Gasteiger partial charge >= 0.3 is 0 Å². The minimum absolute atomic E-state index is 0.650. The van der Waals surface area contributed by atoms with Crippen LogP contribution in [0.4, 0.5) is 0 Å². The van der Waals surface area contributed by atoms with Gasteiger partial charge in [-0.25, -0.2) is 5.06 Å². The van der Waals surface area contributed by atoms with Crippen LogP contribution >= 0.6 is 0 Å². The lowest BCUT2D eigenvalue weighted by Gasteiger charge is -2.05. The highest BCUT2D eigenvalue weighted by Crippen LogP contribution is 1.87. The van der Waals surface area contributed by atoms with E-state index in [0.29, 0.717) is 6.54 Å². The van der Waals surface area contributed by atoms with Crippen molar-refractivity contribution in [1.29, 1.82) is 0 Å². The maximum atomic E-state index is 8.84. The molecule has 0 heterocycles. The van der Waals surface area contributed by atoms with Crippen LogP contribution in [-0.2, 0) is 0 Å². The van der Waals surface area contributed by atoms with Crippen molar-refractivity contribution in [2.24, 2.45) is 0 Å². The molecule has 0 atom stereocenters. The van der Waals surface area contributed by atoms with E-state index in [1.807, 2.05) is 0 Å². The Morgan fingerprint density at radius 1 is 1.56 bits per heavy atom. The van der Waals surface area contributed by atoms with Crippen molar-refractivity contribution in [2.75, 3.05) is 6.54 Å². The molecule has 0 aliphatic rings. The molecule has 0 amide bonds. The molecule has 0 rings (SSSR count). The van der Waals surface area contributed by atoms with Gasteiger partial charge in [-0.05, 0) is 13.3 Å². The SMILES string of the molecule is CC#CN(O)CCCC. The Morgan fingerprint density at radius 3 is 2.67 bits per heavy atom. The highest BCUT2D eigenvalue weighted by molar-refractivity contribution is 4.90. The quantitative estimate of drug-likeness (QED) is 0.352. The molecule has 0 aromatic rings. The van der Waals surface area contributed by atoms with E-state index in [-0.39, 0.29) is 0 Å². The van der Waals surface area contributed by atoms with E-state index in [1.54, 1.807) is 6.92 Å². The minimum Gasteiger partial charge on any atom is -0.281 e. The zero-order valence-electron chi connectivity index (χ0n) is 6.02. The first-order valence-electron chi connectivity index (χ1n) is 3.20. The molecule has 0 saturated heterocycles. The number of nitrogens with zero attached hydrogens (tertiary/aromatic N) is 1. The highest BCUT2D eigenvalue weighted by Gasteiger charge is 1.88. The van der Waals surface area contributed by atoms with Crippen LogP contribution < -0.4 is 0 Å². The average molecular weight is 127 g/mol. The summed E-state index contributed by atoms with van der Waals surface area (Å²) in [6.07, 6.45) is 2.08. The largest absolute Gasteiger partial charge is 0.281 e. The minimum atomic E-state index is 0.650. The van der Waals surface area contributed by atoms with Gasteiger partial charge in [-0.1, -0.05) is 19.3 Å². The Bertz CT molecular complexity index is 112. The molecule has 2 nitrogen and oxygen atoms in total. The molecule has 9 heavy (non-hydrogen) atoms. The predicted molar refractivity (Wildman–Crippen MR) is 36.9 cm³/mol. The van der Waals surface area contributed by atoms with Crippen molar-refractivity contribution >= 4 is 0 Å². The van der Waals surface area contributed by atoms with Crippen molar-refractivity contribution in [3.8, 4) is 12.0 Å². The maximum Gasteiger partial charge on any atom is 0.0541 e.